The molecule has 5 heteroatoms. The van der Waals surface area contributed by atoms with Gasteiger partial charge < -0.3 is 14.7 Å². The number of nitrogens with zero attached hydrogens (tertiary/aromatic N) is 3. The summed E-state index contributed by atoms with van der Waals surface area (Å²) in [6, 6.07) is 16.2. The second kappa shape index (κ2) is 8.05. The molecule has 0 radical (unpaired) electrons. The fourth-order valence-corrected chi connectivity index (χ4v) is 4.23. The van der Waals surface area contributed by atoms with Gasteiger partial charge >= 0.3 is 0 Å². The highest BCUT2D eigenvalue weighted by atomic mass is 16.2. The molecule has 2 aliphatic rings. The van der Waals surface area contributed by atoms with Crippen molar-refractivity contribution in [3.8, 4) is 0 Å². The molecule has 0 aromatic heterocycles. The molecule has 0 spiro atoms. The van der Waals surface area contributed by atoms with Crippen LogP contribution in [0, 0.1) is 0 Å². The van der Waals surface area contributed by atoms with Gasteiger partial charge in [-0.15, -0.1) is 0 Å². The molecule has 0 atom stereocenters. The molecular formula is C23H27N3O2. The van der Waals surface area contributed by atoms with E-state index in [-0.39, 0.29) is 11.8 Å². The zero-order valence-corrected chi connectivity index (χ0v) is 16.4. The molecule has 2 aromatic rings. The number of hydrogen-bond acceptors (Lipinski definition) is 3. The predicted molar refractivity (Wildman–Crippen MR) is 113 cm³/mol. The van der Waals surface area contributed by atoms with Crippen molar-refractivity contribution in [1.82, 2.24) is 0 Å². The lowest BCUT2D eigenvalue weighted by atomic mass is 10.2. The van der Waals surface area contributed by atoms with Crippen molar-refractivity contribution in [1.29, 1.82) is 0 Å². The van der Waals surface area contributed by atoms with Crippen LogP contribution in [-0.2, 0) is 16.0 Å². The van der Waals surface area contributed by atoms with E-state index in [9.17, 15) is 9.59 Å². The first-order chi connectivity index (χ1) is 13.6. The highest BCUT2D eigenvalue weighted by Gasteiger charge is 2.25. The first-order valence-corrected chi connectivity index (χ1v) is 10.1. The van der Waals surface area contributed by atoms with Gasteiger partial charge in [0.2, 0.25) is 11.8 Å². The van der Waals surface area contributed by atoms with E-state index in [0.717, 1.165) is 37.4 Å². The lowest BCUT2D eigenvalue weighted by Crippen LogP contribution is -2.35. The van der Waals surface area contributed by atoms with Gasteiger partial charge in [-0.3, -0.25) is 9.59 Å². The van der Waals surface area contributed by atoms with Crippen molar-refractivity contribution < 1.29 is 9.59 Å². The maximum Gasteiger partial charge on any atom is 0.228 e. The van der Waals surface area contributed by atoms with E-state index in [1.807, 2.05) is 35.2 Å². The summed E-state index contributed by atoms with van der Waals surface area (Å²) in [5, 5.41) is 0. The first-order valence-electron chi connectivity index (χ1n) is 10.1. The van der Waals surface area contributed by atoms with E-state index in [4.69, 9.17) is 0 Å². The molecule has 28 heavy (non-hydrogen) atoms. The van der Waals surface area contributed by atoms with Crippen LogP contribution < -0.4 is 14.7 Å². The van der Waals surface area contributed by atoms with Gasteiger partial charge in [0.15, 0.2) is 0 Å². The minimum absolute atomic E-state index is 0.0384. The normalized spacial score (nSPS) is 15.6. The molecule has 1 saturated heterocycles. The van der Waals surface area contributed by atoms with Crippen molar-refractivity contribution >= 4 is 28.9 Å². The summed E-state index contributed by atoms with van der Waals surface area (Å²) in [6.45, 7) is 4.88. The smallest absolute Gasteiger partial charge is 0.228 e. The summed E-state index contributed by atoms with van der Waals surface area (Å²) >= 11 is 0. The van der Waals surface area contributed by atoms with Crippen molar-refractivity contribution in [2.75, 3.05) is 40.9 Å². The van der Waals surface area contributed by atoms with Crippen molar-refractivity contribution in [3.63, 3.8) is 0 Å². The average molecular weight is 377 g/mol. The number of benzene rings is 2. The second-order valence-corrected chi connectivity index (χ2v) is 7.56. The second-order valence-electron chi connectivity index (χ2n) is 7.56. The molecule has 5 nitrogen and oxygen atoms in total. The summed E-state index contributed by atoms with van der Waals surface area (Å²) in [5.41, 5.74) is 4.29. The third-order valence-corrected chi connectivity index (χ3v) is 5.75. The maximum atomic E-state index is 12.8. The Morgan fingerprint density at radius 2 is 1.68 bits per heavy atom. The van der Waals surface area contributed by atoms with Gasteiger partial charge in [-0.25, -0.2) is 0 Å². The van der Waals surface area contributed by atoms with E-state index in [1.54, 1.807) is 11.8 Å². The Labute approximate surface area is 166 Å². The summed E-state index contributed by atoms with van der Waals surface area (Å²) < 4.78 is 0. The van der Waals surface area contributed by atoms with E-state index in [1.165, 1.54) is 24.1 Å². The van der Waals surface area contributed by atoms with Gasteiger partial charge in [0.1, 0.15) is 0 Å². The Morgan fingerprint density at radius 3 is 2.39 bits per heavy atom. The first kappa shape index (κ1) is 18.5. The number of amides is 2. The fraction of sp³-hybridized carbons (Fsp3) is 0.391. The monoisotopic (exact) mass is 377 g/mol. The molecule has 0 bridgehead atoms. The number of fused-ring (bicyclic) bond motifs is 1. The van der Waals surface area contributed by atoms with Crippen LogP contribution in [0.1, 0.15) is 31.7 Å². The minimum Gasteiger partial charge on any atom is -0.372 e. The average Bonchev–Trinajstić information content (AvgIpc) is 3.38. The Balaban J connectivity index is 1.41. The molecule has 0 unspecified atom stereocenters. The SMILES string of the molecule is CC(=O)N(CCC(=O)N1CCc2ccccc21)c1ccc(N2CCCC2)cc1. The van der Waals surface area contributed by atoms with Gasteiger partial charge in [-0.05, 0) is 55.2 Å². The molecule has 2 aliphatic heterocycles. The van der Waals surface area contributed by atoms with Crippen LogP contribution in [0.25, 0.3) is 0 Å². The number of para-hydroxylation sites is 1. The molecule has 2 heterocycles. The lowest BCUT2D eigenvalue weighted by molar-refractivity contribution is -0.118. The third-order valence-electron chi connectivity index (χ3n) is 5.75. The molecule has 2 amide bonds. The molecule has 0 N–H and O–H groups in total. The predicted octanol–water partition coefficient (Wildman–Crippen LogP) is 3.62. The standard InChI is InChI=1S/C23H27N3O2/c1-18(27)25(21-10-8-20(9-11-21)24-14-4-5-15-24)17-13-23(28)26-16-12-19-6-2-3-7-22(19)26/h2-3,6-11H,4-5,12-17H2,1H3. The quantitative estimate of drug-likeness (QED) is 0.799. The summed E-state index contributed by atoms with van der Waals surface area (Å²) in [7, 11) is 0. The number of carbonyl (C=O) groups excluding carboxylic acids is 2. The van der Waals surface area contributed by atoms with Crippen LogP contribution in [0.2, 0.25) is 0 Å². The summed E-state index contributed by atoms with van der Waals surface area (Å²) in [5.74, 6) is 0.0356. The Morgan fingerprint density at radius 1 is 0.964 bits per heavy atom. The van der Waals surface area contributed by atoms with Crippen LogP contribution in [0.5, 0.6) is 0 Å². The minimum atomic E-state index is -0.0384. The van der Waals surface area contributed by atoms with Crippen LogP contribution in [0.3, 0.4) is 0 Å². The molecule has 2 aromatic carbocycles. The van der Waals surface area contributed by atoms with Crippen LogP contribution >= 0.6 is 0 Å². The molecule has 4 rings (SSSR count). The number of carbonyl (C=O) groups is 2. The summed E-state index contributed by atoms with van der Waals surface area (Å²) in [6.07, 6.45) is 3.70. The number of anilines is 3. The van der Waals surface area contributed by atoms with Gasteiger partial charge in [-0.1, -0.05) is 18.2 Å². The van der Waals surface area contributed by atoms with E-state index >= 15 is 0 Å². The van der Waals surface area contributed by atoms with Crippen molar-refractivity contribution in [2.45, 2.75) is 32.6 Å². The zero-order valence-electron chi connectivity index (χ0n) is 16.4. The van der Waals surface area contributed by atoms with E-state index in [2.05, 4.69) is 23.1 Å². The Hall–Kier alpha value is -2.82. The summed E-state index contributed by atoms with van der Waals surface area (Å²) in [4.78, 5) is 30.9. The molecule has 0 saturated carbocycles. The van der Waals surface area contributed by atoms with E-state index < -0.39 is 0 Å². The zero-order chi connectivity index (χ0) is 19.5. The van der Waals surface area contributed by atoms with Crippen LogP contribution in [0.4, 0.5) is 17.1 Å². The van der Waals surface area contributed by atoms with E-state index in [0.29, 0.717) is 13.0 Å². The van der Waals surface area contributed by atoms with Gasteiger partial charge in [0, 0.05) is 56.6 Å². The van der Waals surface area contributed by atoms with Gasteiger partial charge in [0.05, 0.1) is 0 Å². The number of rotatable bonds is 5. The maximum absolute atomic E-state index is 12.8. The van der Waals surface area contributed by atoms with Crippen LogP contribution in [-0.4, -0.2) is 38.0 Å². The highest BCUT2D eigenvalue weighted by molar-refractivity contribution is 5.97. The number of hydrogen-bond donors (Lipinski definition) is 0. The molecular weight excluding hydrogens is 350 g/mol. The third kappa shape index (κ3) is 3.75. The van der Waals surface area contributed by atoms with Gasteiger partial charge in [0.25, 0.3) is 0 Å². The Bertz CT molecular complexity index is 856. The van der Waals surface area contributed by atoms with Crippen molar-refractivity contribution in [3.05, 3.63) is 54.1 Å². The molecule has 1 fully saturated rings. The topological polar surface area (TPSA) is 43.9 Å². The highest BCUT2D eigenvalue weighted by Crippen LogP contribution is 2.28. The van der Waals surface area contributed by atoms with Gasteiger partial charge in [-0.2, -0.15) is 0 Å². The van der Waals surface area contributed by atoms with Crippen molar-refractivity contribution in [2.24, 2.45) is 0 Å². The largest absolute Gasteiger partial charge is 0.372 e. The fourth-order valence-electron chi connectivity index (χ4n) is 4.23. The van der Waals surface area contributed by atoms with Crippen LogP contribution in [0.15, 0.2) is 48.5 Å². The molecule has 146 valence electrons. The Kier molecular flexibility index (Phi) is 5.33. The lowest BCUT2D eigenvalue weighted by Gasteiger charge is -2.24. The molecule has 0 aliphatic carbocycles.